The van der Waals surface area contributed by atoms with Gasteiger partial charge in [0.1, 0.15) is 11.7 Å². The van der Waals surface area contributed by atoms with Gasteiger partial charge >= 0.3 is 0 Å². The zero-order chi connectivity index (χ0) is 14.6. The third-order valence-corrected chi connectivity index (χ3v) is 9.91. The minimum atomic E-state index is -1.95. The lowest BCUT2D eigenvalue weighted by Gasteiger charge is -2.46. The topological polar surface area (TPSA) is 35.5 Å². The summed E-state index contributed by atoms with van der Waals surface area (Å²) >= 11 is 0. The molecule has 0 aliphatic carbocycles. The Labute approximate surface area is 118 Å². The highest BCUT2D eigenvalue weighted by molar-refractivity contribution is 6.74. The molecule has 2 rings (SSSR count). The first-order chi connectivity index (χ1) is 8.47. The van der Waals surface area contributed by atoms with E-state index in [1.165, 1.54) is 0 Å². The van der Waals surface area contributed by atoms with Crippen LogP contribution >= 0.6 is 0 Å². The molecule has 19 heavy (non-hydrogen) atoms. The molecule has 2 saturated heterocycles. The molecule has 0 spiro atoms. The third kappa shape index (κ3) is 2.43. The second-order valence-electron chi connectivity index (χ2n) is 7.99. The molecule has 2 bridgehead atoms. The van der Waals surface area contributed by atoms with Crippen molar-refractivity contribution in [2.24, 2.45) is 5.92 Å². The molecule has 0 radical (unpaired) electrons. The second kappa shape index (κ2) is 4.40. The maximum atomic E-state index is 12.4. The number of rotatable bonds is 2. The van der Waals surface area contributed by atoms with E-state index in [9.17, 15) is 4.79 Å². The lowest BCUT2D eigenvalue weighted by atomic mass is 9.85. The number of ether oxygens (including phenoxy) is 1. The third-order valence-electron chi connectivity index (χ3n) is 5.48. The lowest BCUT2D eigenvalue weighted by molar-refractivity contribution is -0.168. The number of ketones is 1. The van der Waals surface area contributed by atoms with Crippen molar-refractivity contribution in [3.63, 3.8) is 0 Å². The average Bonchev–Trinajstić information content (AvgIpc) is 2.45. The standard InChI is InChI=1S/C15H28O3Si/c1-10-8-11-9-12(16)13(15(10,5)17-11)18-19(6,7)14(2,3)4/h10-11,13H,8-9H2,1-7H3/t10-,11+,13-,15-/m1/s1. The summed E-state index contributed by atoms with van der Waals surface area (Å²) in [7, 11) is -1.95. The van der Waals surface area contributed by atoms with E-state index in [1.807, 2.05) is 0 Å². The van der Waals surface area contributed by atoms with E-state index >= 15 is 0 Å². The Morgan fingerprint density at radius 2 is 1.95 bits per heavy atom. The molecule has 4 heteroatoms. The van der Waals surface area contributed by atoms with E-state index in [0.717, 1.165) is 6.42 Å². The van der Waals surface area contributed by atoms with Crippen molar-refractivity contribution < 1.29 is 14.0 Å². The molecule has 2 heterocycles. The summed E-state index contributed by atoms with van der Waals surface area (Å²) in [6, 6.07) is 0. The molecule has 2 fully saturated rings. The fraction of sp³-hybridized carbons (Fsp3) is 0.933. The summed E-state index contributed by atoms with van der Waals surface area (Å²) in [6.45, 7) is 15.3. The molecule has 0 unspecified atom stereocenters. The minimum Gasteiger partial charge on any atom is -0.404 e. The molecule has 0 aromatic rings. The van der Waals surface area contributed by atoms with Gasteiger partial charge in [0.15, 0.2) is 14.1 Å². The van der Waals surface area contributed by atoms with Crippen molar-refractivity contribution in [3.05, 3.63) is 0 Å². The monoisotopic (exact) mass is 284 g/mol. The second-order valence-corrected chi connectivity index (χ2v) is 12.7. The average molecular weight is 284 g/mol. The van der Waals surface area contributed by atoms with Crippen molar-refractivity contribution in [2.45, 2.75) is 83.4 Å². The highest BCUT2D eigenvalue weighted by Gasteiger charge is 2.57. The van der Waals surface area contributed by atoms with Gasteiger partial charge in [0.25, 0.3) is 0 Å². The van der Waals surface area contributed by atoms with E-state index in [2.05, 4.69) is 47.7 Å². The number of Topliss-reactive ketones (excluding diaryl/α,β-unsaturated/α-hetero) is 1. The van der Waals surface area contributed by atoms with Crippen molar-refractivity contribution in [1.29, 1.82) is 0 Å². The SMILES string of the molecule is C[C@@H]1C[C@H]2CC(=O)[C@@H](O[Si](C)(C)C(C)(C)C)[C@]1(C)O2. The zero-order valence-corrected chi connectivity index (χ0v) is 14.4. The zero-order valence-electron chi connectivity index (χ0n) is 13.4. The molecule has 0 amide bonds. The Balaban J connectivity index is 2.26. The molecule has 4 atom stereocenters. The van der Waals surface area contributed by atoms with Crippen LogP contribution in [0.3, 0.4) is 0 Å². The summed E-state index contributed by atoms with van der Waals surface area (Å²) in [5.74, 6) is 0.631. The fourth-order valence-electron chi connectivity index (χ4n) is 2.90. The predicted octanol–water partition coefficient (Wildman–Crippen LogP) is 3.53. The minimum absolute atomic E-state index is 0.113. The highest BCUT2D eigenvalue weighted by Crippen LogP contribution is 2.47. The largest absolute Gasteiger partial charge is 0.404 e. The molecule has 0 saturated carbocycles. The van der Waals surface area contributed by atoms with Crippen LogP contribution in [0.2, 0.25) is 18.1 Å². The molecular formula is C15H28O3Si. The Morgan fingerprint density at radius 3 is 2.47 bits per heavy atom. The Morgan fingerprint density at radius 1 is 1.37 bits per heavy atom. The summed E-state index contributed by atoms with van der Waals surface area (Å²) < 4.78 is 12.5. The summed E-state index contributed by atoms with van der Waals surface area (Å²) in [4.78, 5) is 12.4. The van der Waals surface area contributed by atoms with Gasteiger partial charge < -0.3 is 9.16 Å². The van der Waals surface area contributed by atoms with Crippen LogP contribution in [0.5, 0.6) is 0 Å². The first kappa shape index (κ1) is 15.2. The van der Waals surface area contributed by atoms with E-state index in [0.29, 0.717) is 12.3 Å². The molecule has 0 N–H and O–H groups in total. The Kier molecular flexibility index (Phi) is 3.52. The van der Waals surface area contributed by atoms with Gasteiger partial charge in [0, 0.05) is 6.42 Å². The maximum absolute atomic E-state index is 12.4. The van der Waals surface area contributed by atoms with Crippen LogP contribution in [0.4, 0.5) is 0 Å². The van der Waals surface area contributed by atoms with Crippen molar-refractivity contribution in [2.75, 3.05) is 0 Å². The number of fused-ring (bicyclic) bond motifs is 2. The fourth-order valence-corrected chi connectivity index (χ4v) is 4.21. The van der Waals surface area contributed by atoms with Crippen LogP contribution in [-0.4, -0.2) is 31.9 Å². The molecule has 2 aliphatic heterocycles. The summed E-state index contributed by atoms with van der Waals surface area (Å²) in [5, 5.41) is 0.113. The predicted molar refractivity (Wildman–Crippen MR) is 78.8 cm³/mol. The molecule has 0 aromatic carbocycles. The highest BCUT2D eigenvalue weighted by atomic mass is 28.4. The van der Waals surface area contributed by atoms with Crippen LogP contribution in [0.25, 0.3) is 0 Å². The van der Waals surface area contributed by atoms with Gasteiger partial charge in [0.2, 0.25) is 0 Å². The van der Waals surface area contributed by atoms with Crippen LogP contribution in [0.15, 0.2) is 0 Å². The Hall–Kier alpha value is -0.193. The van der Waals surface area contributed by atoms with Gasteiger partial charge in [-0.25, -0.2) is 0 Å². The molecular weight excluding hydrogens is 256 g/mol. The van der Waals surface area contributed by atoms with Gasteiger partial charge in [0.05, 0.1) is 6.10 Å². The van der Waals surface area contributed by atoms with E-state index < -0.39 is 13.9 Å². The molecule has 110 valence electrons. The van der Waals surface area contributed by atoms with Gasteiger partial charge in [-0.05, 0) is 37.4 Å². The Bertz CT molecular complexity index is 385. The van der Waals surface area contributed by atoms with Gasteiger partial charge in [-0.3, -0.25) is 4.79 Å². The van der Waals surface area contributed by atoms with Crippen LogP contribution < -0.4 is 0 Å². The van der Waals surface area contributed by atoms with Gasteiger partial charge in [-0.15, -0.1) is 0 Å². The summed E-state index contributed by atoms with van der Waals surface area (Å²) in [6.07, 6.45) is 1.26. The van der Waals surface area contributed by atoms with Crippen LogP contribution in [0.1, 0.15) is 47.5 Å². The van der Waals surface area contributed by atoms with Crippen LogP contribution in [0, 0.1) is 5.92 Å². The first-order valence-corrected chi connectivity index (χ1v) is 10.3. The summed E-state index contributed by atoms with van der Waals surface area (Å²) in [5.41, 5.74) is -0.421. The maximum Gasteiger partial charge on any atom is 0.193 e. The van der Waals surface area contributed by atoms with Crippen LogP contribution in [-0.2, 0) is 14.0 Å². The van der Waals surface area contributed by atoms with Gasteiger partial charge in [-0.1, -0.05) is 27.7 Å². The van der Waals surface area contributed by atoms with Crippen molar-refractivity contribution in [1.82, 2.24) is 0 Å². The van der Waals surface area contributed by atoms with Crippen molar-refractivity contribution >= 4 is 14.1 Å². The molecule has 3 nitrogen and oxygen atoms in total. The van der Waals surface area contributed by atoms with E-state index in [-0.39, 0.29) is 23.0 Å². The number of hydrogen-bond donors (Lipinski definition) is 0. The number of carbonyl (C=O) groups is 1. The number of carbonyl (C=O) groups excluding carboxylic acids is 1. The molecule has 0 aromatic heterocycles. The normalized spacial score (nSPS) is 39.7. The van der Waals surface area contributed by atoms with E-state index in [1.54, 1.807) is 0 Å². The molecule has 2 aliphatic rings. The quantitative estimate of drug-likeness (QED) is 0.728. The lowest BCUT2D eigenvalue weighted by Crippen LogP contribution is -2.58. The van der Waals surface area contributed by atoms with Crippen molar-refractivity contribution in [3.8, 4) is 0 Å². The van der Waals surface area contributed by atoms with E-state index in [4.69, 9.17) is 9.16 Å². The first-order valence-electron chi connectivity index (χ1n) is 7.36. The number of hydrogen-bond acceptors (Lipinski definition) is 3. The smallest absolute Gasteiger partial charge is 0.193 e. The van der Waals surface area contributed by atoms with Gasteiger partial charge in [-0.2, -0.15) is 0 Å².